The quantitative estimate of drug-likeness (QED) is 0.721. The Labute approximate surface area is 93.8 Å². The highest BCUT2D eigenvalue weighted by Crippen LogP contribution is 2.20. The zero-order valence-electron chi connectivity index (χ0n) is 8.81. The van der Waals surface area contributed by atoms with Crippen LogP contribution in [0.2, 0.25) is 0 Å². The predicted molar refractivity (Wildman–Crippen MR) is 59.9 cm³/mol. The van der Waals surface area contributed by atoms with Crippen LogP contribution in [0.4, 0.5) is 0 Å². The first kappa shape index (κ1) is 10.0. The molecule has 0 saturated heterocycles. The van der Waals surface area contributed by atoms with E-state index in [1.165, 1.54) is 0 Å². The van der Waals surface area contributed by atoms with Crippen LogP contribution in [0.3, 0.4) is 0 Å². The summed E-state index contributed by atoms with van der Waals surface area (Å²) in [6.07, 6.45) is 1.79. The maximum absolute atomic E-state index is 9.06. The van der Waals surface area contributed by atoms with Gasteiger partial charge in [0, 0.05) is 6.20 Å². The fourth-order valence-electron chi connectivity index (χ4n) is 1.74. The molecule has 0 radical (unpaired) electrons. The van der Waals surface area contributed by atoms with E-state index in [9.17, 15) is 0 Å². The van der Waals surface area contributed by atoms with E-state index in [1.807, 2.05) is 19.1 Å². The minimum Gasteiger partial charge on any atom is -0.307 e. The average Bonchev–Trinajstić information content (AvgIpc) is 2.76. The Morgan fingerprint density at radius 1 is 1.06 bits per heavy atom. The number of hydrogen-bond acceptors (Lipinski definition) is 2. The molecule has 1 heterocycles. The Kier molecular flexibility index (Phi) is 2.45. The molecule has 1 aromatic carbocycles. The average molecular weight is 207 g/mol. The molecule has 0 fully saturated rings. The standard InChI is InChI=1S/C13H9N3/c1-10-4-2-5-11(8-14)13(10)16-7-3-6-12(16)9-15/h2-7H,1H3. The largest absolute Gasteiger partial charge is 0.307 e. The van der Waals surface area contributed by atoms with Crippen molar-refractivity contribution in [3.05, 3.63) is 53.3 Å². The molecule has 0 aliphatic heterocycles. The van der Waals surface area contributed by atoms with Gasteiger partial charge in [-0.2, -0.15) is 10.5 Å². The first-order chi connectivity index (χ1) is 7.77. The lowest BCUT2D eigenvalue weighted by atomic mass is 10.1. The van der Waals surface area contributed by atoms with Crippen molar-refractivity contribution in [3.8, 4) is 17.8 Å². The lowest BCUT2D eigenvalue weighted by Crippen LogP contribution is -2.01. The number of hydrogen-bond donors (Lipinski definition) is 0. The van der Waals surface area contributed by atoms with E-state index in [-0.39, 0.29) is 0 Å². The molecule has 3 heteroatoms. The summed E-state index contributed by atoms with van der Waals surface area (Å²) in [5.74, 6) is 0. The number of nitriles is 2. The number of aromatic nitrogens is 1. The van der Waals surface area contributed by atoms with E-state index in [1.54, 1.807) is 29.0 Å². The van der Waals surface area contributed by atoms with Crippen LogP contribution in [-0.2, 0) is 0 Å². The summed E-state index contributed by atoms with van der Waals surface area (Å²) in [5.41, 5.74) is 2.87. The molecule has 0 bridgehead atoms. The van der Waals surface area contributed by atoms with Crippen LogP contribution in [0.15, 0.2) is 36.5 Å². The highest BCUT2D eigenvalue weighted by atomic mass is 15.0. The minimum atomic E-state index is 0.533. The Bertz CT molecular complexity index is 609. The molecule has 3 nitrogen and oxygen atoms in total. The van der Waals surface area contributed by atoms with Crippen LogP contribution in [0.5, 0.6) is 0 Å². The van der Waals surface area contributed by atoms with E-state index >= 15 is 0 Å². The maximum atomic E-state index is 9.06. The predicted octanol–water partition coefficient (Wildman–Crippen LogP) is 2.53. The van der Waals surface area contributed by atoms with Crippen LogP contribution in [-0.4, -0.2) is 4.57 Å². The summed E-state index contributed by atoms with van der Waals surface area (Å²) in [7, 11) is 0. The minimum absolute atomic E-state index is 0.533. The third kappa shape index (κ3) is 1.45. The molecule has 2 aromatic rings. The molecule has 0 unspecified atom stereocenters. The molecule has 0 aliphatic rings. The van der Waals surface area contributed by atoms with Gasteiger partial charge in [0.05, 0.1) is 11.3 Å². The van der Waals surface area contributed by atoms with Crippen molar-refractivity contribution in [2.45, 2.75) is 6.92 Å². The van der Waals surface area contributed by atoms with Crippen LogP contribution < -0.4 is 0 Å². The first-order valence-electron chi connectivity index (χ1n) is 4.85. The molecular weight excluding hydrogens is 198 g/mol. The SMILES string of the molecule is Cc1cccc(C#N)c1-n1cccc1C#N. The number of aryl methyl sites for hydroxylation is 1. The highest BCUT2D eigenvalue weighted by Gasteiger charge is 2.09. The van der Waals surface area contributed by atoms with Crippen molar-refractivity contribution in [2.24, 2.45) is 0 Å². The van der Waals surface area contributed by atoms with Gasteiger partial charge in [-0.1, -0.05) is 12.1 Å². The second-order valence-corrected chi connectivity index (χ2v) is 3.46. The smallest absolute Gasteiger partial charge is 0.124 e. The molecular formula is C13H9N3. The molecule has 0 saturated carbocycles. The zero-order chi connectivity index (χ0) is 11.5. The van der Waals surface area contributed by atoms with Gasteiger partial charge in [0.2, 0.25) is 0 Å². The third-order valence-corrected chi connectivity index (χ3v) is 2.46. The van der Waals surface area contributed by atoms with Gasteiger partial charge in [0.25, 0.3) is 0 Å². The van der Waals surface area contributed by atoms with Gasteiger partial charge < -0.3 is 4.57 Å². The van der Waals surface area contributed by atoms with Crippen molar-refractivity contribution in [2.75, 3.05) is 0 Å². The molecule has 76 valence electrons. The van der Waals surface area contributed by atoms with Crippen LogP contribution in [0.1, 0.15) is 16.8 Å². The van der Waals surface area contributed by atoms with Gasteiger partial charge in [-0.25, -0.2) is 0 Å². The molecule has 0 spiro atoms. The first-order valence-corrected chi connectivity index (χ1v) is 4.85. The van der Waals surface area contributed by atoms with Crippen molar-refractivity contribution in [1.29, 1.82) is 10.5 Å². The fourth-order valence-corrected chi connectivity index (χ4v) is 1.74. The molecule has 0 aliphatic carbocycles. The van der Waals surface area contributed by atoms with Crippen molar-refractivity contribution in [3.63, 3.8) is 0 Å². The van der Waals surface area contributed by atoms with E-state index < -0.39 is 0 Å². The maximum Gasteiger partial charge on any atom is 0.124 e. The number of rotatable bonds is 1. The van der Waals surface area contributed by atoms with Gasteiger partial charge in [-0.3, -0.25) is 0 Å². The van der Waals surface area contributed by atoms with Gasteiger partial charge >= 0.3 is 0 Å². The number of nitrogens with zero attached hydrogens (tertiary/aromatic N) is 3. The summed E-state index contributed by atoms with van der Waals surface area (Å²) in [6, 6.07) is 13.3. The number of para-hydroxylation sites is 1. The Morgan fingerprint density at radius 2 is 1.88 bits per heavy atom. The van der Waals surface area contributed by atoms with Crippen molar-refractivity contribution >= 4 is 0 Å². The lowest BCUT2D eigenvalue weighted by molar-refractivity contribution is 1.03. The van der Waals surface area contributed by atoms with Crippen LogP contribution in [0.25, 0.3) is 5.69 Å². The van der Waals surface area contributed by atoms with Crippen molar-refractivity contribution in [1.82, 2.24) is 4.57 Å². The molecule has 0 N–H and O–H groups in total. The highest BCUT2D eigenvalue weighted by molar-refractivity contribution is 5.55. The monoisotopic (exact) mass is 207 g/mol. The summed E-state index contributed by atoms with van der Waals surface area (Å²) in [4.78, 5) is 0. The molecule has 16 heavy (non-hydrogen) atoms. The Morgan fingerprint density at radius 3 is 2.56 bits per heavy atom. The topological polar surface area (TPSA) is 52.5 Å². The van der Waals surface area contributed by atoms with Gasteiger partial charge in [-0.15, -0.1) is 0 Å². The van der Waals surface area contributed by atoms with Gasteiger partial charge in [-0.05, 0) is 30.7 Å². The summed E-state index contributed by atoms with van der Waals surface area (Å²) < 4.78 is 1.74. The third-order valence-electron chi connectivity index (χ3n) is 2.46. The second kappa shape index (κ2) is 3.92. The fraction of sp³-hybridized carbons (Fsp3) is 0.0769. The van der Waals surface area contributed by atoms with E-state index in [0.717, 1.165) is 11.3 Å². The normalized spacial score (nSPS) is 9.44. The van der Waals surface area contributed by atoms with Crippen molar-refractivity contribution < 1.29 is 0 Å². The Balaban J connectivity index is 2.75. The molecule has 0 atom stereocenters. The van der Waals surface area contributed by atoms with E-state index in [4.69, 9.17) is 10.5 Å². The number of benzene rings is 1. The molecule has 1 aromatic heterocycles. The van der Waals surface area contributed by atoms with Gasteiger partial charge in [0.1, 0.15) is 17.8 Å². The summed E-state index contributed by atoms with van der Waals surface area (Å²) in [6.45, 7) is 1.93. The summed E-state index contributed by atoms with van der Waals surface area (Å²) >= 11 is 0. The van der Waals surface area contributed by atoms with Crippen LogP contribution >= 0.6 is 0 Å². The van der Waals surface area contributed by atoms with E-state index in [0.29, 0.717) is 11.3 Å². The molecule has 0 amide bonds. The molecule has 2 rings (SSSR count). The van der Waals surface area contributed by atoms with Crippen LogP contribution in [0, 0.1) is 29.6 Å². The summed E-state index contributed by atoms with van der Waals surface area (Å²) in [5, 5.41) is 18.0. The Hall–Kier alpha value is -2.52. The second-order valence-electron chi connectivity index (χ2n) is 3.46. The van der Waals surface area contributed by atoms with E-state index in [2.05, 4.69) is 12.1 Å². The zero-order valence-corrected chi connectivity index (χ0v) is 8.81. The van der Waals surface area contributed by atoms with Gasteiger partial charge in [0.15, 0.2) is 0 Å². The lowest BCUT2D eigenvalue weighted by Gasteiger charge is -2.10.